The molecule has 2 N–H and O–H groups in total. The average molecular weight is 301 g/mol. The Balaban J connectivity index is 2.19. The predicted molar refractivity (Wildman–Crippen MR) is 75.2 cm³/mol. The lowest BCUT2D eigenvalue weighted by Crippen LogP contribution is -2.50. The van der Waals surface area contributed by atoms with Gasteiger partial charge in [0.1, 0.15) is 6.29 Å². The van der Waals surface area contributed by atoms with Crippen LogP contribution in [0.2, 0.25) is 0 Å². The zero-order valence-electron chi connectivity index (χ0n) is 11.7. The van der Waals surface area contributed by atoms with Crippen LogP contribution in [0.15, 0.2) is 18.2 Å². The van der Waals surface area contributed by atoms with Gasteiger partial charge >= 0.3 is 6.18 Å². The molecular weight excluding hydrogens is 283 g/mol. The van der Waals surface area contributed by atoms with Crippen molar-refractivity contribution in [2.75, 3.05) is 36.8 Å². The van der Waals surface area contributed by atoms with E-state index >= 15 is 0 Å². The van der Waals surface area contributed by atoms with Gasteiger partial charge in [0.05, 0.1) is 11.6 Å². The summed E-state index contributed by atoms with van der Waals surface area (Å²) in [5.41, 5.74) is 5.00. The van der Waals surface area contributed by atoms with E-state index in [1.165, 1.54) is 12.1 Å². The lowest BCUT2D eigenvalue weighted by Gasteiger charge is -2.38. The van der Waals surface area contributed by atoms with E-state index in [4.69, 9.17) is 5.73 Å². The first-order valence-electron chi connectivity index (χ1n) is 6.74. The van der Waals surface area contributed by atoms with Gasteiger partial charge < -0.3 is 15.4 Å². The van der Waals surface area contributed by atoms with Crippen LogP contribution in [0.5, 0.6) is 0 Å². The first-order valence-corrected chi connectivity index (χ1v) is 6.74. The molecule has 1 atom stereocenters. The number of piperazine rings is 1. The summed E-state index contributed by atoms with van der Waals surface area (Å²) in [5.74, 6) is 0. The highest BCUT2D eigenvalue weighted by Gasteiger charge is 2.35. The summed E-state index contributed by atoms with van der Waals surface area (Å²) in [7, 11) is 0. The lowest BCUT2D eigenvalue weighted by molar-refractivity contribution is -0.137. The number of benzene rings is 1. The Hall–Kier alpha value is -1.76. The fourth-order valence-corrected chi connectivity index (χ4v) is 2.51. The normalized spacial score (nSPS) is 18.6. The highest BCUT2D eigenvalue weighted by molar-refractivity contribution is 5.61. The van der Waals surface area contributed by atoms with E-state index in [-0.39, 0.29) is 17.4 Å². The van der Waals surface area contributed by atoms with Crippen LogP contribution in [-0.2, 0) is 11.0 Å². The Morgan fingerprint density at radius 1 is 1.24 bits per heavy atom. The summed E-state index contributed by atoms with van der Waals surface area (Å²) >= 11 is 0. The molecule has 1 aliphatic rings. The van der Waals surface area contributed by atoms with Crippen LogP contribution in [0.3, 0.4) is 0 Å². The molecule has 1 heterocycles. The number of carbonyl (C=O) groups is 1. The zero-order chi connectivity index (χ0) is 15.6. The summed E-state index contributed by atoms with van der Waals surface area (Å²) in [6, 6.07) is 3.65. The number of hydrogen-bond acceptors (Lipinski definition) is 4. The molecule has 1 fully saturated rings. The van der Waals surface area contributed by atoms with E-state index in [1.54, 1.807) is 11.8 Å². The van der Waals surface area contributed by atoms with Crippen molar-refractivity contribution in [3.63, 3.8) is 0 Å². The Morgan fingerprint density at radius 3 is 2.38 bits per heavy atom. The molecule has 2 rings (SSSR count). The van der Waals surface area contributed by atoms with E-state index in [0.29, 0.717) is 26.2 Å². The number of alkyl halides is 3. The molecule has 1 unspecified atom stereocenters. The Morgan fingerprint density at radius 2 is 1.86 bits per heavy atom. The first-order chi connectivity index (χ1) is 9.82. The van der Waals surface area contributed by atoms with Crippen LogP contribution in [0, 0.1) is 0 Å². The molecule has 21 heavy (non-hydrogen) atoms. The van der Waals surface area contributed by atoms with Gasteiger partial charge in [-0.25, -0.2) is 0 Å². The van der Waals surface area contributed by atoms with Crippen LogP contribution in [-0.4, -0.2) is 43.4 Å². The van der Waals surface area contributed by atoms with E-state index in [2.05, 4.69) is 0 Å². The molecule has 0 bridgehead atoms. The number of anilines is 2. The molecule has 1 aliphatic heterocycles. The number of nitrogen functional groups attached to an aromatic ring is 1. The minimum atomic E-state index is -4.43. The van der Waals surface area contributed by atoms with Crippen LogP contribution in [0.25, 0.3) is 0 Å². The average Bonchev–Trinajstić information content (AvgIpc) is 2.45. The largest absolute Gasteiger partial charge is 0.418 e. The number of carbonyl (C=O) groups excluding carboxylic acids is 1. The van der Waals surface area contributed by atoms with Crippen molar-refractivity contribution < 1.29 is 18.0 Å². The van der Waals surface area contributed by atoms with Crippen molar-refractivity contribution in [2.24, 2.45) is 0 Å². The van der Waals surface area contributed by atoms with Crippen molar-refractivity contribution in [1.82, 2.24) is 4.90 Å². The molecule has 0 amide bonds. The van der Waals surface area contributed by atoms with Crippen molar-refractivity contribution in [2.45, 2.75) is 19.1 Å². The van der Waals surface area contributed by atoms with E-state index in [1.807, 2.05) is 4.90 Å². The molecular formula is C14H18F3N3O. The Kier molecular flexibility index (Phi) is 4.41. The molecule has 7 heteroatoms. The second-order valence-corrected chi connectivity index (χ2v) is 5.17. The Bertz CT molecular complexity index is 511. The number of halogens is 3. The molecule has 1 saturated heterocycles. The number of nitrogens with zero attached hydrogens (tertiary/aromatic N) is 2. The lowest BCUT2D eigenvalue weighted by atomic mass is 10.1. The van der Waals surface area contributed by atoms with Crippen LogP contribution in [0.1, 0.15) is 12.5 Å². The van der Waals surface area contributed by atoms with Gasteiger partial charge in [-0.1, -0.05) is 0 Å². The van der Waals surface area contributed by atoms with Crippen LogP contribution in [0.4, 0.5) is 24.5 Å². The monoisotopic (exact) mass is 301 g/mol. The minimum absolute atomic E-state index is 0.0966. The van der Waals surface area contributed by atoms with E-state index in [9.17, 15) is 18.0 Å². The number of rotatable bonds is 3. The van der Waals surface area contributed by atoms with Crippen molar-refractivity contribution in [3.05, 3.63) is 23.8 Å². The summed E-state index contributed by atoms with van der Waals surface area (Å²) in [5, 5.41) is 0. The van der Waals surface area contributed by atoms with Gasteiger partial charge in [-0.05, 0) is 25.1 Å². The van der Waals surface area contributed by atoms with Gasteiger partial charge in [0.25, 0.3) is 0 Å². The van der Waals surface area contributed by atoms with Crippen LogP contribution < -0.4 is 10.6 Å². The summed E-state index contributed by atoms with van der Waals surface area (Å²) in [4.78, 5) is 14.4. The highest BCUT2D eigenvalue weighted by Crippen LogP contribution is 2.38. The van der Waals surface area contributed by atoms with Gasteiger partial charge in [-0.2, -0.15) is 13.2 Å². The van der Waals surface area contributed by atoms with Crippen molar-refractivity contribution in [3.8, 4) is 0 Å². The highest BCUT2D eigenvalue weighted by atomic mass is 19.4. The molecule has 0 aromatic heterocycles. The molecule has 0 saturated carbocycles. The quantitative estimate of drug-likeness (QED) is 0.685. The Labute approximate surface area is 121 Å². The fourth-order valence-electron chi connectivity index (χ4n) is 2.51. The number of nitrogens with two attached hydrogens (primary N) is 1. The smallest absolute Gasteiger partial charge is 0.399 e. The van der Waals surface area contributed by atoms with Gasteiger partial charge in [-0.3, -0.25) is 4.90 Å². The first kappa shape index (κ1) is 15.6. The van der Waals surface area contributed by atoms with Gasteiger partial charge in [0.2, 0.25) is 0 Å². The van der Waals surface area contributed by atoms with Gasteiger partial charge in [-0.15, -0.1) is 0 Å². The standard InChI is InChI=1S/C14H18F3N3O/c1-10(9-21)19-4-6-20(7-5-19)13-3-2-11(18)8-12(13)14(15,16)17/h2-3,8-10H,4-7,18H2,1H3. The zero-order valence-corrected chi connectivity index (χ0v) is 11.7. The maximum atomic E-state index is 13.1. The summed E-state index contributed by atoms with van der Waals surface area (Å²) in [6.07, 6.45) is -3.59. The maximum absolute atomic E-state index is 13.1. The fraction of sp³-hybridized carbons (Fsp3) is 0.500. The van der Waals surface area contributed by atoms with Gasteiger partial charge in [0.15, 0.2) is 0 Å². The second-order valence-electron chi connectivity index (χ2n) is 5.17. The minimum Gasteiger partial charge on any atom is -0.399 e. The molecule has 4 nitrogen and oxygen atoms in total. The topological polar surface area (TPSA) is 49.6 Å². The number of hydrogen-bond donors (Lipinski definition) is 1. The molecule has 1 aromatic carbocycles. The second kappa shape index (κ2) is 5.93. The third-order valence-electron chi connectivity index (χ3n) is 3.75. The van der Waals surface area contributed by atoms with Gasteiger partial charge in [0, 0.05) is 37.6 Å². The summed E-state index contributed by atoms with van der Waals surface area (Å²) < 4.78 is 39.3. The van der Waals surface area contributed by atoms with Crippen molar-refractivity contribution >= 4 is 17.7 Å². The van der Waals surface area contributed by atoms with Crippen molar-refractivity contribution in [1.29, 1.82) is 0 Å². The number of aldehydes is 1. The molecule has 0 aliphatic carbocycles. The van der Waals surface area contributed by atoms with E-state index in [0.717, 1.165) is 12.4 Å². The molecule has 1 aromatic rings. The third kappa shape index (κ3) is 3.47. The van der Waals surface area contributed by atoms with E-state index < -0.39 is 11.7 Å². The maximum Gasteiger partial charge on any atom is 0.418 e. The molecule has 0 spiro atoms. The predicted octanol–water partition coefficient (Wildman–Crippen LogP) is 2.00. The molecule has 116 valence electrons. The summed E-state index contributed by atoms with van der Waals surface area (Å²) in [6.45, 7) is 3.80. The SMILES string of the molecule is CC(C=O)N1CCN(c2ccc(N)cc2C(F)(F)F)CC1. The third-order valence-corrected chi connectivity index (χ3v) is 3.75. The molecule has 0 radical (unpaired) electrons. The van der Waals surface area contributed by atoms with Crippen LogP contribution >= 0.6 is 0 Å².